The molecule has 0 saturated heterocycles. The van der Waals surface area contributed by atoms with Crippen LogP contribution >= 0.6 is 11.8 Å². The molecule has 3 rings (SSSR count). The Balaban J connectivity index is 1.90. The van der Waals surface area contributed by atoms with Crippen molar-refractivity contribution in [2.45, 2.75) is 50.2 Å². The molecule has 1 amide bonds. The van der Waals surface area contributed by atoms with Crippen molar-refractivity contribution in [3.05, 3.63) is 60.4 Å². The molecule has 1 N–H and O–H groups in total. The van der Waals surface area contributed by atoms with E-state index in [2.05, 4.69) is 32.6 Å². The maximum Gasteiger partial charge on any atom is 0.233 e. The van der Waals surface area contributed by atoms with Gasteiger partial charge in [0.2, 0.25) is 5.91 Å². The van der Waals surface area contributed by atoms with Gasteiger partial charge in [-0.05, 0) is 45.4 Å². The van der Waals surface area contributed by atoms with Crippen LogP contribution in [0, 0.1) is 0 Å². The molecule has 7 heteroatoms. The summed E-state index contributed by atoms with van der Waals surface area (Å²) in [5.41, 5.74) is 1.76. The first kappa shape index (κ1) is 20.1. The van der Waals surface area contributed by atoms with Gasteiger partial charge in [0, 0.05) is 23.5 Å². The van der Waals surface area contributed by atoms with Crippen LogP contribution in [0.25, 0.3) is 11.4 Å². The number of nitrogens with one attached hydrogen (secondary N) is 1. The van der Waals surface area contributed by atoms with Gasteiger partial charge in [-0.2, -0.15) is 0 Å². The number of amides is 1. The van der Waals surface area contributed by atoms with E-state index in [4.69, 9.17) is 0 Å². The lowest BCUT2D eigenvalue weighted by atomic mass is 10.1. The molecule has 0 aliphatic heterocycles. The average Bonchev–Trinajstić information content (AvgIpc) is 3.04. The van der Waals surface area contributed by atoms with E-state index in [-0.39, 0.29) is 16.7 Å². The molecule has 0 saturated carbocycles. The second-order valence-electron chi connectivity index (χ2n) is 7.62. The van der Waals surface area contributed by atoms with Crippen LogP contribution in [0.3, 0.4) is 0 Å². The molecule has 2 aromatic heterocycles. The average molecular weight is 396 g/mol. The van der Waals surface area contributed by atoms with Crippen molar-refractivity contribution in [2.24, 2.45) is 0 Å². The first-order valence-electron chi connectivity index (χ1n) is 9.20. The molecule has 0 aliphatic carbocycles. The van der Waals surface area contributed by atoms with Crippen molar-refractivity contribution in [3.8, 4) is 11.4 Å². The molecule has 0 radical (unpaired) electrons. The number of carbonyl (C=O) groups is 1. The van der Waals surface area contributed by atoms with Crippen LogP contribution in [0.5, 0.6) is 0 Å². The molecular formula is C21H25N5OS. The van der Waals surface area contributed by atoms with E-state index in [1.807, 2.05) is 62.6 Å². The normalized spacial score (nSPS) is 12.6. The Labute approximate surface area is 169 Å². The molecule has 3 aromatic rings. The van der Waals surface area contributed by atoms with Gasteiger partial charge >= 0.3 is 0 Å². The first-order valence-corrected chi connectivity index (χ1v) is 10.1. The molecule has 1 aromatic carbocycles. The number of rotatable bonds is 6. The Morgan fingerprint density at radius 2 is 1.89 bits per heavy atom. The third kappa shape index (κ3) is 5.19. The Morgan fingerprint density at radius 3 is 2.54 bits per heavy atom. The molecule has 2 heterocycles. The van der Waals surface area contributed by atoms with Gasteiger partial charge < -0.3 is 5.32 Å². The van der Waals surface area contributed by atoms with E-state index in [9.17, 15) is 4.79 Å². The summed E-state index contributed by atoms with van der Waals surface area (Å²) in [4.78, 5) is 16.7. The van der Waals surface area contributed by atoms with Crippen molar-refractivity contribution in [3.63, 3.8) is 0 Å². The molecule has 0 aliphatic rings. The maximum atomic E-state index is 12.5. The Hall–Kier alpha value is -2.67. The van der Waals surface area contributed by atoms with Gasteiger partial charge in [0.05, 0.1) is 11.8 Å². The van der Waals surface area contributed by atoms with Gasteiger partial charge in [0.25, 0.3) is 0 Å². The van der Waals surface area contributed by atoms with E-state index in [1.54, 1.807) is 12.4 Å². The number of aromatic nitrogens is 4. The van der Waals surface area contributed by atoms with Crippen molar-refractivity contribution >= 4 is 17.7 Å². The Bertz CT molecular complexity index is 919. The number of carbonyl (C=O) groups excluding carboxylic acids is 1. The van der Waals surface area contributed by atoms with Crippen molar-refractivity contribution < 1.29 is 4.79 Å². The van der Waals surface area contributed by atoms with Crippen LogP contribution < -0.4 is 5.32 Å². The SMILES string of the molecule is C[C@@H](Sc1nnc(-c2cccnc2)n1Cc1ccccc1)C(=O)NC(C)(C)C. The van der Waals surface area contributed by atoms with Crippen molar-refractivity contribution in [2.75, 3.05) is 0 Å². The van der Waals surface area contributed by atoms with Crippen LogP contribution in [0.4, 0.5) is 0 Å². The minimum absolute atomic E-state index is 0.0188. The fraction of sp³-hybridized carbons (Fsp3) is 0.333. The summed E-state index contributed by atoms with van der Waals surface area (Å²) in [5, 5.41) is 12.2. The monoisotopic (exact) mass is 395 g/mol. The van der Waals surface area contributed by atoms with Gasteiger partial charge in [0.15, 0.2) is 11.0 Å². The minimum Gasteiger partial charge on any atom is -0.351 e. The number of hydrogen-bond donors (Lipinski definition) is 1. The van der Waals surface area contributed by atoms with Crippen LogP contribution in [-0.4, -0.2) is 36.4 Å². The predicted molar refractivity (Wildman–Crippen MR) is 112 cm³/mol. The summed E-state index contributed by atoms with van der Waals surface area (Å²) >= 11 is 1.41. The molecule has 0 bridgehead atoms. The second-order valence-corrected chi connectivity index (χ2v) is 8.93. The zero-order valence-electron chi connectivity index (χ0n) is 16.6. The minimum atomic E-state index is -0.292. The fourth-order valence-corrected chi connectivity index (χ4v) is 3.52. The predicted octanol–water partition coefficient (Wildman–Crippen LogP) is 3.78. The second kappa shape index (κ2) is 8.56. The summed E-state index contributed by atoms with van der Waals surface area (Å²) in [5.74, 6) is 0.720. The summed E-state index contributed by atoms with van der Waals surface area (Å²) in [7, 11) is 0. The highest BCUT2D eigenvalue weighted by atomic mass is 32.2. The van der Waals surface area contributed by atoms with Crippen LogP contribution in [0.2, 0.25) is 0 Å². The smallest absolute Gasteiger partial charge is 0.233 e. The Morgan fingerprint density at radius 1 is 1.14 bits per heavy atom. The summed E-state index contributed by atoms with van der Waals surface area (Å²) < 4.78 is 2.04. The standard InChI is InChI=1S/C21H25N5OS/c1-15(19(27)23-21(2,3)4)28-20-25-24-18(17-11-8-12-22-13-17)26(20)14-16-9-6-5-7-10-16/h5-13,15H,14H2,1-4H3,(H,23,27)/t15-/m1/s1. The maximum absolute atomic E-state index is 12.5. The van der Waals surface area contributed by atoms with Gasteiger partial charge in [-0.1, -0.05) is 42.1 Å². The highest BCUT2D eigenvalue weighted by Gasteiger charge is 2.23. The third-order valence-electron chi connectivity index (χ3n) is 3.97. The quantitative estimate of drug-likeness (QED) is 0.643. The number of hydrogen-bond acceptors (Lipinski definition) is 5. The van der Waals surface area contributed by atoms with E-state index in [1.165, 1.54) is 11.8 Å². The van der Waals surface area contributed by atoms with E-state index >= 15 is 0 Å². The number of thioether (sulfide) groups is 1. The number of pyridine rings is 1. The van der Waals surface area contributed by atoms with Crippen LogP contribution in [-0.2, 0) is 11.3 Å². The van der Waals surface area contributed by atoms with Gasteiger partial charge in [-0.3, -0.25) is 14.3 Å². The summed E-state index contributed by atoms with van der Waals surface area (Å²) in [6, 6.07) is 14.0. The molecule has 146 valence electrons. The highest BCUT2D eigenvalue weighted by Crippen LogP contribution is 2.27. The van der Waals surface area contributed by atoms with Crippen molar-refractivity contribution in [1.82, 2.24) is 25.1 Å². The lowest BCUT2D eigenvalue weighted by Crippen LogP contribution is -2.44. The zero-order chi connectivity index (χ0) is 20.1. The van der Waals surface area contributed by atoms with Crippen LogP contribution in [0.1, 0.15) is 33.3 Å². The molecule has 6 nitrogen and oxygen atoms in total. The van der Waals surface area contributed by atoms with Crippen LogP contribution in [0.15, 0.2) is 60.0 Å². The molecule has 28 heavy (non-hydrogen) atoms. The lowest BCUT2D eigenvalue weighted by molar-refractivity contribution is -0.121. The molecule has 0 fully saturated rings. The van der Waals surface area contributed by atoms with Gasteiger partial charge in [-0.15, -0.1) is 10.2 Å². The van der Waals surface area contributed by atoms with Gasteiger partial charge in [0.1, 0.15) is 0 Å². The first-order chi connectivity index (χ1) is 13.3. The topological polar surface area (TPSA) is 72.7 Å². The molecule has 1 atom stereocenters. The van der Waals surface area contributed by atoms with Gasteiger partial charge in [-0.25, -0.2) is 0 Å². The van der Waals surface area contributed by atoms with Crippen molar-refractivity contribution in [1.29, 1.82) is 0 Å². The molecular weight excluding hydrogens is 370 g/mol. The fourth-order valence-electron chi connectivity index (χ4n) is 2.68. The van der Waals surface area contributed by atoms with E-state index < -0.39 is 0 Å². The lowest BCUT2D eigenvalue weighted by Gasteiger charge is -2.23. The largest absolute Gasteiger partial charge is 0.351 e. The highest BCUT2D eigenvalue weighted by molar-refractivity contribution is 8.00. The molecule has 0 spiro atoms. The third-order valence-corrected chi connectivity index (χ3v) is 5.05. The Kier molecular flexibility index (Phi) is 6.14. The molecule has 0 unspecified atom stereocenters. The van der Waals surface area contributed by atoms with E-state index in [0.717, 1.165) is 17.0 Å². The van der Waals surface area contributed by atoms with E-state index in [0.29, 0.717) is 11.7 Å². The zero-order valence-corrected chi connectivity index (χ0v) is 17.4. The summed E-state index contributed by atoms with van der Waals surface area (Å²) in [6.07, 6.45) is 3.51. The number of benzene rings is 1. The number of nitrogens with zero attached hydrogens (tertiary/aromatic N) is 4. The summed E-state index contributed by atoms with van der Waals surface area (Å²) in [6.45, 7) is 8.42.